The molecule has 6 rings (SSSR count). The highest BCUT2D eigenvalue weighted by atomic mass is 16.5. The number of carbonyl (C=O) groups is 1. The summed E-state index contributed by atoms with van der Waals surface area (Å²) in [5.41, 5.74) is 3.07. The molecular weight excluding hydrogens is 322 g/mol. The van der Waals surface area contributed by atoms with E-state index in [1.165, 1.54) is 11.1 Å². The summed E-state index contributed by atoms with van der Waals surface area (Å²) >= 11 is 0. The minimum atomic E-state index is -0.572. The van der Waals surface area contributed by atoms with Gasteiger partial charge >= 0.3 is 5.97 Å². The third kappa shape index (κ3) is 2.57. The van der Waals surface area contributed by atoms with E-state index in [1.54, 1.807) is 0 Å². The van der Waals surface area contributed by atoms with Crippen molar-refractivity contribution < 1.29 is 9.53 Å². The number of nitrogens with zero attached hydrogens (tertiary/aromatic N) is 1. The fourth-order valence-corrected chi connectivity index (χ4v) is 5.13. The lowest BCUT2D eigenvalue weighted by Crippen LogP contribution is -2.53. The van der Waals surface area contributed by atoms with Crippen LogP contribution in [0.1, 0.15) is 29.5 Å². The second-order valence-corrected chi connectivity index (χ2v) is 8.15. The number of hydrogen-bond donors (Lipinski definition) is 0. The minimum Gasteiger partial charge on any atom is -0.460 e. The van der Waals surface area contributed by atoms with Crippen molar-refractivity contribution >= 4 is 5.97 Å². The Bertz CT molecular complexity index is 783. The number of hydrogen-bond acceptors (Lipinski definition) is 3. The summed E-state index contributed by atoms with van der Waals surface area (Å²) < 4.78 is 6.22. The van der Waals surface area contributed by atoms with Crippen LogP contribution < -0.4 is 0 Å². The van der Waals surface area contributed by atoms with Gasteiger partial charge in [0.15, 0.2) is 0 Å². The van der Waals surface area contributed by atoms with Gasteiger partial charge in [0, 0.05) is 6.54 Å². The topological polar surface area (TPSA) is 29.5 Å². The van der Waals surface area contributed by atoms with E-state index in [4.69, 9.17) is 4.74 Å². The van der Waals surface area contributed by atoms with Crippen LogP contribution in [0, 0.1) is 5.92 Å². The summed E-state index contributed by atoms with van der Waals surface area (Å²) in [6.45, 7) is 3.23. The summed E-state index contributed by atoms with van der Waals surface area (Å²) in [7, 11) is 0. The SMILES string of the molecule is O=C(OC1CN2CCC1CC2)C1(c2ccccc2)Cc2ccccc2C1. The Balaban J connectivity index is 1.46. The molecule has 1 aliphatic carbocycles. The number of carbonyl (C=O) groups excluding carboxylic acids is 1. The van der Waals surface area contributed by atoms with Crippen molar-refractivity contribution in [2.75, 3.05) is 19.6 Å². The molecule has 0 saturated carbocycles. The molecule has 1 atom stereocenters. The van der Waals surface area contributed by atoms with Gasteiger partial charge in [0.1, 0.15) is 11.5 Å². The third-order valence-corrected chi connectivity index (χ3v) is 6.67. The van der Waals surface area contributed by atoms with Gasteiger partial charge in [-0.2, -0.15) is 0 Å². The van der Waals surface area contributed by atoms with Crippen LogP contribution in [0.4, 0.5) is 0 Å². The Kier molecular flexibility index (Phi) is 3.86. The first kappa shape index (κ1) is 16.1. The van der Waals surface area contributed by atoms with Crippen molar-refractivity contribution in [3.05, 3.63) is 71.3 Å². The fourth-order valence-electron chi connectivity index (χ4n) is 5.13. The van der Waals surface area contributed by atoms with Gasteiger partial charge in [-0.15, -0.1) is 0 Å². The van der Waals surface area contributed by atoms with Gasteiger partial charge in [0.25, 0.3) is 0 Å². The Hall–Kier alpha value is -2.13. The Morgan fingerprint density at radius 3 is 2.12 bits per heavy atom. The second-order valence-electron chi connectivity index (χ2n) is 8.15. The van der Waals surface area contributed by atoms with E-state index in [0.717, 1.165) is 50.9 Å². The zero-order valence-electron chi connectivity index (χ0n) is 15.1. The summed E-state index contributed by atoms with van der Waals surface area (Å²) in [6, 6.07) is 18.7. The first-order valence-corrected chi connectivity index (χ1v) is 9.80. The van der Waals surface area contributed by atoms with Gasteiger partial charge in [-0.1, -0.05) is 54.6 Å². The highest BCUT2D eigenvalue weighted by Gasteiger charge is 2.48. The van der Waals surface area contributed by atoms with E-state index in [9.17, 15) is 4.79 Å². The molecule has 3 nitrogen and oxygen atoms in total. The van der Waals surface area contributed by atoms with Crippen LogP contribution in [0.25, 0.3) is 0 Å². The molecule has 2 aromatic rings. The zero-order chi connectivity index (χ0) is 17.6. The fraction of sp³-hybridized carbons (Fsp3) is 0.435. The summed E-state index contributed by atoms with van der Waals surface area (Å²) in [4.78, 5) is 16.0. The van der Waals surface area contributed by atoms with Gasteiger partial charge in [-0.05, 0) is 61.4 Å². The Morgan fingerprint density at radius 1 is 0.923 bits per heavy atom. The van der Waals surface area contributed by atoms with Crippen LogP contribution in [0.5, 0.6) is 0 Å². The molecular formula is C23H25NO2. The van der Waals surface area contributed by atoms with E-state index in [1.807, 2.05) is 18.2 Å². The number of ether oxygens (including phenoxy) is 1. The van der Waals surface area contributed by atoms with E-state index in [0.29, 0.717) is 5.92 Å². The lowest BCUT2D eigenvalue weighted by molar-refractivity contribution is -0.165. The van der Waals surface area contributed by atoms with Gasteiger partial charge in [0.05, 0.1) is 0 Å². The summed E-state index contributed by atoms with van der Waals surface area (Å²) in [5.74, 6) is 0.513. The van der Waals surface area contributed by atoms with Crippen LogP contribution >= 0.6 is 0 Å². The summed E-state index contributed by atoms with van der Waals surface area (Å²) in [6.07, 6.45) is 3.88. The van der Waals surface area contributed by atoms with Crippen LogP contribution in [-0.2, 0) is 27.8 Å². The molecule has 0 spiro atoms. The number of piperidine rings is 3. The second kappa shape index (κ2) is 6.24. The number of fused-ring (bicyclic) bond motifs is 4. The van der Waals surface area contributed by atoms with Crippen LogP contribution in [0.15, 0.2) is 54.6 Å². The maximum atomic E-state index is 13.5. The molecule has 0 radical (unpaired) electrons. The molecule has 3 fully saturated rings. The quantitative estimate of drug-likeness (QED) is 0.798. The van der Waals surface area contributed by atoms with Crippen molar-refractivity contribution in [1.82, 2.24) is 4.90 Å². The molecule has 134 valence electrons. The molecule has 3 heteroatoms. The summed E-state index contributed by atoms with van der Waals surface area (Å²) in [5, 5.41) is 0. The van der Waals surface area contributed by atoms with Crippen LogP contribution in [0.3, 0.4) is 0 Å². The highest BCUT2D eigenvalue weighted by molar-refractivity contribution is 5.85. The van der Waals surface area contributed by atoms with E-state index in [-0.39, 0.29) is 12.1 Å². The van der Waals surface area contributed by atoms with Crippen molar-refractivity contribution in [3.8, 4) is 0 Å². The lowest BCUT2D eigenvalue weighted by Gasteiger charge is -2.45. The zero-order valence-corrected chi connectivity index (χ0v) is 15.1. The standard InChI is InChI=1S/C23H25NO2/c25-22(26-21-16-24-12-10-17(21)11-13-24)23(20-8-2-1-3-9-20)14-18-6-4-5-7-19(18)15-23/h1-9,17,21H,10-16H2. The van der Waals surface area contributed by atoms with Gasteiger partial charge in [-0.25, -0.2) is 0 Å². The molecule has 2 bridgehead atoms. The normalized spacial score (nSPS) is 28.5. The molecule has 3 aliphatic heterocycles. The first-order valence-electron chi connectivity index (χ1n) is 9.80. The number of esters is 1. The molecule has 0 N–H and O–H groups in total. The molecule has 26 heavy (non-hydrogen) atoms. The molecule has 4 aliphatic rings. The molecule has 3 heterocycles. The van der Waals surface area contributed by atoms with Crippen molar-refractivity contribution in [3.63, 3.8) is 0 Å². The average molecular weight is 347 g/mol. The Labute approximate surface area is 155 Å². The molecule has 2 aromatic carbocycles. The van der Waals surface area contributed by atoms with E-state index in [2.05, 4.69) is 41.3 Å². The molecule has 0 aromatic heterocycles. The predicted molar refractivity (Wildman–Crippen MR) is 101 cm³/mol. The maximum absolute atomic E-state index is 13.5. The first-order chi connectivity index (χ1) is 12.7. The monoisotopic (exact) mass is 347 g/mol. The number of benzene rings is 2. The Morgan fingerprint density at radius 2 is 1.54 bits per heavy atom. The largest absolute Gasteiger partial charge is 0.460 e. The molecule has 1 unspecified atom stereocenters. The smallest absolute Gasteiger partial charge is 0.317 e. The van der Waals surface area contributed by atoms with Gasteiger partial charge < -0.3 is 4.74 Å². The van der Waals surface area contributed by atoms with Crippen molar-refractivity contribution in [1.29, 1.82) is 0 Å². The van der Waals surface area contributed by atoms with Crippen molar-refractivity contribution in [2.24, 2.45) is 5.92 Å². The number of rotatable bonds is 3. The third-order valence-electron chi connectivity index (χ3n) is 6.67. The lowest BCUT2D eigenvalue weighted by atomic mass is 9.77. The van der Waals surface area contributed by atoms with E-state index >= 15 is 0 Å². The predicted octanol–water partition coefficient (Wildman–Crippen LogP) is 3.36. The van der Waals surface area contributed by atoms with Gasteiger partial charge in [0.2, 0.25) is 0 Å². The molecule has 0 amide bonds. The van der Waals surface area contributed by atoms with Crippen molar-refractivity contribution in [2.45, 2.75) is 37.2 Å². The molecule has 3 saturated heterocycles. The minimum absolute atomic E-state index is 0.0290. The van der Waals surface area contributed by atoms with Crippen LogP contribution in [-0.4, -0.2) is 36.6 Å². The van der Waals surface area contributed by atoms with Gasteiger partial charge in [-0.3, -0.25) is 9.69 Å². The van der Waals surface area contributed by atoms with Crippen LogP contribution in [0.2, 0.25) is 0 Å². The average Bonchev–Trinajstić information content (AvgIpc) is 3.11. The maximum Gasteiger partial charge on any atom is 0.317 e. The highest BCUT2D eigenvalue weighted by Crippen LogP contribution is 2.42. The van der Waals surface area contributed by atoms with E-state index < -0.39 is 5.41 Å².